The minimum Gasteiger partial charge on any atom is -0.444 e. The summed E-state index contributed by atoms with van der Waals surface area (Å²) in [5.74, 6) is 0. The zero-order valence-corrected chi connectivity index (χ0v) is 12.0. The molecule has 18 heavy (non-hydrogen) atoms. The largest absolute Gasteiger partial charge is 0.444 e. The predicted octanol–water partition coefficient (Wildman–Crippen LogP) is 3.13. The Morgan fingerprint density at radius 3 is 2.50 bits per heavy atom. The van der Waals surface area contributed by atoms with Gasteiger partial charge in [-0.05, 0) is 34.1 Å². The summed E-state index contributed by atoms with van der Waals surface area (Å²) in [7, 11) is 0. The van der Waals surface area contributed by atoms with Crippen molar-refractivity contribution < 1.29 is 14.6 Å². The van der Waals surface area contributed by atoms with E-state index in [1.807, 2.05) is 46.8 Å². The number of allylic oxidation sites excluding steroid dienone is 2. The van der Waals surface area contributed by atoms with Crippen molar-refractivity contribution in [1.29, 1.82) is 0 Å². The Labute approximate surface area is 110 Å². The van der Waals surface area contributed by atoms with Gasteiger partial charge in [0.15, 0.2) is 0 Å². The van der Waals surface area contributed by atoms with Gasteiger partial charge in [0.05, 0.1) is 6.10 Å². The van der Waals surface area contributed by atoms with Gasteiger partial charge in [0.25, 0.3) is 0 Å². The van der Waals surface area contributed by atoms with E-state index in [2.05, 4.69) is 5.32 Å². The SMILES string of the molecule is C/C=C(\C/C=C\C(O)CC)NC(=O)OC(C)(C)C. The van der Waals surface area contributed by atoms with Crippen LogP contribution in [-0.2, 0) is 4.74 Å². The predicted molar refractivity (Wildman–Crippen MR) is 73.2 cm³/mol. The first-order valence-corrected chi connectivity index (χ1v) is 6.28. The zero-order valence-electron chi connectivity index (χ0n) is 12.0. The molecule has 0 spiro atoms. The van der Waals surface area contributed by atoms with Crippen LogP contribution in [0.5, 0.6) is 0 Å². The molecule has 0 saturated heterocycles. The minimum absolute atomic E-state index is 0.426. The van der Waals surface area contributed by atoms with Gasteiger partial charge < -0.3 is 9.84 Å². The van der Waals surface area contributed by atoms with Crippen molar-refractivity contribution in [3.05, 3.63) is 23.9 Å². The second-order valence-corrected chi connectivity index (χ2v) is 5.05. The zero-order chi connectivity index (χ0) is 14.2. The van der Waals surface area contributed by atoms with E-state index in [1.165, 1.54) is 0 Å². The van der Waals surface area contributed by atoms with Gasteiger partial charge in [-0.15, -0.1) is 0 Å². The molecule has 1 amide bonds. The van der Waals surface area contributed by atoms with Gasteiger partial charge in [-0.2, -0.15) is 0 Å². The Kier molecular flexibility index (Phi) is 7.36. The maximum atomic E-state index is 11.5. The quantitative estimate of drug-likeness (QED) is 0.742. The van der Waals surface area contributed by atoms with E-state index >= 15 is 0 Å². The van der Waals surface area contributed by atoms with Crippen LogP contribution in [0.15, 0.2) is 23.9 Å². The summed E-state index contributed by atoms with van der Waals surface area (Å²) in [6.07, 6.45) is 5.73. The summed E-state index contributed by atoms with van der Waals surface area (Å²) in [5.41, 5.74) is 0.251. The number of carbonyl (C=O) groups excluding carboxylic acids is 1. The number of nitrogens with one attached hydrogen (secondary N) is 1. The fraction of sp³-hybridized carbons (Fsp3) is 0.643. The van der Waals surface area contributed by atoms with E-state index in [-0.39, 0.29) is 0 Å². The molecule has 1 unspecified atom stereocenters. The third-order valence-corrected chi connectivity index (χ3v) is 2.12. The van der Waals surface area contributed by atoms with Crippen LogP contribution < -0.4 is 5.32 Å². The van der Waals surface area contributed by atoms with E-state index in [4.69, 9.17) is 4.74 Å². The molecule has 0 aromatic heterocycles. The standard InChI is InChI=1S/C14H25NO3/c1-6-11(9-8-10-12(16)7-2)15-13(17)18-14(3,4)5/h6,8,10,12,16H,7,9H2,1-5H3,(H,15,17)/b10-8-,11-6+. The van der Waals surface area contributed by atoms with Crippen LogP contribution in [0.2, 0.25) is 0 Å². The van der Waals surface area contributed by atoms with Gasteiger partial charge in [-0.3, -0.25) is 5.32 Å². The van der Waals surface area contributed by atoms with Crippen LogP contribution in [0.3, 0.4) is 0 Å². The number of rotatable bonds is 5. The summed E-state index contributed by atoms with van der Waals surface area (Å²) in [4.78, 5) is 11.5. The van der Waals surface area contributed by atoms with Gasteiger partial charge in [-0.1, -0.05) is 25.2 Å². The lowest BCUT2D eigenvalue weighted by Gasteiger charge is -2.20. The first-order chi connectivity index (χ1) is 8.28. The number of aliphatic hydroxyl groups excluding tert-OH is 1. The molecular weight excluding hydrogens is 230 g/mol. The van der Waals surface area contributed by atoms with Crippen LogP contribution in [0.25, 0.3) is 0 Å². The molecule has 0 radical (unpaired) electrons. The molecule has 0 aromatic carbocycles. The average Bonchev–Trinajstić information content (AvgIpc) is 2.24. The van der Waals surface area contributed by atoms with Crippen molar-refractivity contribution >= 4 is 6.09 Å². The fourth-order valence-corrected chi connectivity index (χ4v) is 1.16. The van der Waals surface area contributed by atoms with Crippen molar-refractivity contribution in [2.24, 2.45) is 0 Å². The Hall–Kier alpha value is -1.29. The summed E-state index contributed by atoms with van der Waals surface area (Å²) >= 11 is 0. The molecule has 0 aliphatic rings. The fourth-order valence-electron chi connectivity index (χ4n) is 1.16. The summed E-state index contributed by atoms with van der Waals surface area (Å²) in [5, 5.41) is 12.0. The maximum Gasteiger partial charge on any atom is 0.411 e. The van der Waals surface area contributed by atoms with Crippen molar-refractivity contribution in [3.8, 4) is 0 Å². The highest BCUT2D eigenvalue weighted by Crippen LogP contribution is 2.08. The third kappa shape index (κ3) is 8.82. The molecular formula is C14H25NO3. The Morgan fingerprint density at radius 1 is 1.44 bits per heavy atom. The number of aliphatic hydroxyl groups is 1. The monoisotopic (exact) mass is 255 g/mol. The number of hydrogen-bond acceptors (Lipinski definition) is 3. The van der Waals surface area contributed by atoms with Gasteiger partial charge in [-0.25, -0.2) is 4.79 Å². The minimum atomic E-state index is -0.503. The first-order valence-electron chi connectivity index (χ1n) is 6.28. The van der Waals surface area contributed by atoms with Crippen LogP contribution >= 0.6 is 0 Å². The van der Waals surface area contributed by atoms with Crippen LogP contribution in [0.1, 0.15) is 47.5 Å². The van der Waals surface area contributed by atoms with E-state index in [0.717, 1.165) is 5.70 Å². The second-order valence-electron chi connectivity index (χ2n) is 5.05. The van der Waals surface area contributed by atoms with Crippen LogP contribution in [0.4, 0.5) is 4.79 Å². The van der Waals surface area contributed by atoms with Crippen molar-refractivity contribution in [3.63, 3.8) is 0 Å². The van der Waals surface area contributed by atoms with E-state index < -0.39 is 17.8 Å². The highest BCUT2D eigenvalue weighted by atomic mass is 16.6. The summed E-state index contributed by atoms with van der Waals surface area (Å²) < 4.78 is 5.15. The Morgan fingerprint density at radius 2 is 2.06 bits per heavy atom. The molecule has 4 nitrogen and oxygen atoms in total. The molecule has 0 aliphatic carbocycles. The third-order valence-electron chi connectivity index (χ3n) is 2.12. The second kappa shape index (κ2) is 7.93. The highest BCUT2D eigenvalue weighted by molar-refractivity contribution is 5.70. The smallest absolute Gasteiger partial charge is 0.411 e. The number of hydrogen-bond donors (Lipinski definition) is 2. The molecule has 0 rings (SSSR count). The summed E-state index contributed by atoms with van der Waals surface area (Å²) in [6, 6.07) is 0. The van der Waals surface area contributed by atoms with Gasteiger partial charge >= 0.3 is 6.09 Å². The maximum absolute atomic E-state index is 11.5. The van der Waals surface area contributed by atoms with Crippen LogP contribution in [-0.4, -0.2) is 22.9 Å². The molecule has 0 aromatic rings. The topological polar surface area (TPSA) is 58.6 Å². The van der Waals surface area contributed by atoms with Crippen LogP contribution in [0, 0.1) is 0 Å². The average molecular weight is 255 g/mol. The van der Waals surface area contributed by atoms with E-state index in [9.17, 15) is 9.90 Å². The Balaban J connectivity index is 4.21. The molecule has 0 bridgehead atoms. The lowest BCUT2D eigenvalue weighted by atomic mass is 10.2. The van der Waals surface area contributed by atoms with Gasteiger partial charge in [0.1, 0.15) is 5.60 Å². The van der Waals surface area contributed by atoms with Gasteiger partial charge in [0.2, 0.25) is 0 Å². The lowest BCUT2D eigenvalue weighted by Crippen LogP contribution is -2.32. The van der Waals surface area contributed by atoms with Crippen molar-refractivity contribution in [1.82, 2.24) is 5.32 Å². The molecule has 0 heterocycles. The number of amides is 1. The van der Waals surface area contributed by atoms with Crippen molar-refractivity contribution in [2.45, 2.75) is 59.2 Å². The Bertz CT molecular complexity index is 313. The lowest BCUT2D eigenvalue weighted by molar-refractivity contribution is 0.0545. The number of alkyl carbamates (subject to hydrolysis) is 1. The van der Waals surface area contributed by atoms with E-state index in [0.29, 0.717) is 12.8 Å². The van der Waals surface area contributed by atoms with E-state index in [1.54, 1.807) is 6.08 Å². The molecule has 0 fully saturated rings. The summed E-state index contributed by atoms with van der Waals surface area (Å²) in [6.45, 7) is 9.21. The molecule has 0 saturated carbocycles. The van der Waals surface area contributed by atoms with Crippen molar-refractivity contribution in [2.75, 3.05) is 0 Å². The number of carbonyl (C=O) groups is 1. The molecule has 0 aliphatic heterocycles. The number of ether oxygens (including phenoxy) is 1. The molecule has 1 atom stereocenters. The molecule has 2 N–H and O–H groups in total. The first kappa shape index (κ1) is 16.7. The highest BCUT2D eigenvalue weighted by Gasteiger charge is 2.16. The normalized spacial score (nSPS) is 14.7. The molecule has 104 valence electrons. The molecule has 4 heteroatoms. The van der Waals surface area contributed by atoms with Gasteiger partial charge in [0, 0.05) is 12.1 Å².